The Labute approximate surface area is 115 Å². The Kier molecular flexibility index (Phi) is 8.26. The van der Waals surface area contributed by atoms with Gasteiger partial charge in [-0.15, -0.1) is 0 Å². The standard InChI is InChI=1S/C15H26O4/c1-13-12-14(16)18-10-8-6-4-2-3-5-7-9-11-19-15(13)17/h13H,2-12H2,1H3. The molecule has 0 aromatic carbocycles. The van der Waals surface area contributed by atoms with Crippen LogP contribution in [0.5, 0.6) is 0 Å². The van der Waals surface area contributed by atoms with Crippen molar-refractivity contribution in [2.45, 2.75) is 64.7 Å². The summed E-state index contributed by atoms with van der Waals surface area (Å²) in [6, 6.07) is 0. The van der Waals surface area contributed by atoms with Crippen molar-refractivity contribution >= 4 is 11.9 Å². The van der Waals surface area contributed by atoms with Crippen LogP contribution in [0, 0.1) is 5.92 Å². The molecule has 1 aliphatic rings. The first-order chi connectivity index (χ1) is 9.20. The van der Waals surface area contributed by atoms with Crippen LogP contribution < -0.4 is 0 Å². The maximum atomic E-state index is 11.6. The summed E-state index contributed by atoms with van der Waals surface area (Å²) >= 11 is 0. The third-order valence-electron chi connectivity index (χ3n) is 3.42. The van der Waals surface area contributed by atoms with Gasteiger partial charge < -0.3 is 9.47 Å². The van der Waals surface area contributed by atoms with E-state index in [-0.39, 0.29) is 18.4 Å². The molecule has 0 bridgehead atoms. The molecule has 0 aliphatic carbocycles. The first-order valence-electron chi connectivity index (χ1n) is 7.52. The number of hydrogen-bond acceptors (Lipinski definition) is 4. The Morgan fingerprint density at radius 3 is 1.84 bits per heavy atom. The van der Waals surface area contributed by atoms with E-state index < -0.39 is 5.92 Å². The fourth-order valence-corrected chi connectivity index (χ4v) is 2.16. The van der Waals surface area contributed by atoms with Gasteiger partial charge in [-0.3, -0.25) is 9.59 Å². The third kappa shape index (κ3) is 7.85. The van der Waals surface area contributed by atoms with E-state index in [4.69, 9.17) is 9.47 Å². The lowest BCUT2D eigenvalue weighted by molar-refractivity contribution is -0.154. The Morgan fingerprint density at radius 1 is 0.789 bits per heavy atom. The zero-order chi connectivity index (χ0) is 13.9. The van der Waals surface area contributed by atoms with Crippen molar-refractivity contribution < 1.29 is 19.1 Å². The van der Waals surface area contributed by atoms with Crippen LogP contribution in [0.1, 0.15) is 64.7 Å². The molecule has 0 aromatic heterocycles. The lowest BCUT2D eigenvalue weighted by Crippen LogP contribution is -2.20. The van der Waals surface area contributed by atoms with Gasteiger partial charge in [-0.25, -0.2) is 0 Å². The van der Waals surface area contributed by atoms with Crippen LogP contribution in [0.15, 0.2) is 0 Å². The summed E-state index contributed by atoms with van der Waals surface area (Å²) in [6.07, 6.45) is 9.10. The molecular weight excluding hydrogens is 244 g/mol. The number of rotatable bonds is 0. The van der Waals surface area contributed by atoms with Crippen LogP contribution >= 0.6 is 0 Å². The molecular formula is C15H26O4. The van der Waals surface area contributed by atoms with E-state index in [9.17, 15) is 9.59 Å². The molecule has 1 fully saturated rings. The van der Waals surface area contributed by atoms with Crippen molar-refractivity contribution in [3.63, 3.8) is 0 Å². The molecule has 0 amide bonds. The van der Waals surface area contributed by atoms with Gasteiger partial charge in [-0.1, -0.05) is 45.4 Å². The number of esters is 2. The molecule has 0 aromatic rings. The molecule has 1 heterocycles. The van der Waals surface area contributed by atoms with Crippen molar-refractivity contribution in [1.29, 1.82) is 0 Å². The van der Waals surface area contributed by atoms with Crippen molar-refractivity contribution in [2.75, 3.05) is 13.2 Å². The summed E-state index contributed by atoms with van der Waals surface area (Å²) in [4.78, 5) is 23.1. The second kappa shape index (κ2) is 9.82. The van der Waals surface area contributed by atoms with E-state index in [0.717, 1.165) is 25.7 Å². The second-order valence-corrected chi connectivity index (χ2v) is 5.32. The molecule has 1 saturated heterocycles. The normalized spacial score (nSPS) is 25.4. The van der Waals surface area contributed by atoms with Gasteiger partial charge in [0.05, 0.1) is 25.6 Å². The Bertz CT molecular complexity index is 275. The van der Waals surface area contributed by atoms with Crippen LogP contribution in [0.4, 0.5) is 0 Å². The average Bonchev–Trinajstić information content (AvgIpc) is 2.38. The SMILES string of the molecule is CC1CC(=O)OCCCCCCCCCCOC1=O. The van der Waals surface area contributed by atoms with Gasteiger partial charge >= 0.3 is 11.9 Å². The Hall–Kier alpha value is -1.06. The van der Waals surface area contributed by atoms with Crippen LogP contribution in [-0.4, -0.2) is 25.2 Å². The molecule has 0 N–H and O–H groups in total. The van der Waals surface area contributed by atoms with Crippen LogP contribution in [-0.2, 0) is 19.1 Å². The van der Waals surface area contributed by atoms with Crippen LogP contribution in [0.25, 0.3) is 0 Å². The van der Waals surface area contributed by atoms with Crippen LogP contribution in [0.2, 0.25) is 0 Å². The van der Waals surface area contributed by atoms with E-state index in [1.165, 1.54) is 25.7 Å². The zero-order valence-electron chi connectivity index (χ0n) is 12.0. The summed E-state index contributed by atoms with van der Waals surface area (Å²) in [5.74, 6) is -0.985. The highest BCUT2D eigenvalue weighted by atomic mass is 16.5. The van der Waals surface area contributed by atoms with Crippen molar-refractivity contribution in [1.82, 2.24) is 0 Å². The van der Waals surface area contributed by atoms with Gasteiger partial charge in [0.15, 0.2) is 0 Å². The monoisotopic (exact) mass is 270 g/mol. The predicted octanol–water partition coefficient (Wildman–Crippen LogP) is 3.23. The van der Waals surface area contributed by atoms with E-state index in [1.807, 2.05) is 0 Å². The van der Waals surface area contributed by atoms with Gasteiger partial charge in [0.25, 0.3) is 0 Å². The second-order valence-electron chi connectivity index (χ2n) is 5.32. The lowest BCUT2D eigenvalue weighted by Gasteiger charge is -2.12. The van der Waals surface area contributed by atoms with Crippen molar-refractivity contribution in [2.24, 2.45) is 5.92 Å². The first-order valence-corrected chi connectivity index (χ1v) is 7.52. The summed E-state index contributed by atoms with van der Waals surface area (Å²) in [7, 11) is 0. The fraction of sp³-hybridized carbons (Fsp3) is 0.867. The molecule has 0 radical (unpaired) electrons. The van der Waals surface area contributed by atoms with Crippen LogP contribution in [0.3, 0.4) is 0 Å². The largest absolute Gasteiger partial charge is 0.466 e. The lowest BCUT2D eigenvalue weighted by atomic mass is 10.1. The summed E-state index contributed by atoms with van der Waals surface area (Å²) in [5.41, 5.74) is 0. The smallest absolute Gasteiger partial charge is 0.309 e. The minimum Gasteiger partial charge on any atom is -0.466 e. The van der Waals surface area contributed by atoms with Crippen molar-refractivity contribution in [3.8, 4) is 0 Å². The van der Waals surface area contributed by atoms with E-state index in [1.54, 1.807) is 6.92 Å². The average molecular weight is 270 g/mol. The number of cyclic esters (lactones) is 2. The minimum absolute atomic E-state index is 0.124. The van der Waals surface area contributed by atoms with Gasteiger partial charge in [0.2, 0.25) is 0 Å². The van der Waals surface area contributed by atoms with Gasteiger partial charge in [0, 0.05) is 0 Å². The topological polar surface area (TPSA) is 52.6 Å². The first kappa shape index (κ1) is 16.0. The number of ether oxygens (including phenoxy) is 2. The molecule has 0 saturated carbocycles. The molecule has 1 atom stereocenters. The van der Waals surface area contributed by atoms with Gasteiger partial charge in [0.1, 0.15) is 0 Å². The molecule has 4 nitrogen and oxygen atoms in total. The van der Waals surface area contributed by atoms with E-state index in [0.29, 0.717) is 13.2 Å². The minimum atomic E-state index is -0.402. The summed E-state index contributed by atoms with van der Waals surface area (Å²) < 4.78 is 10.3. The fourth-order valence-electron chi connectivity index (χ4n) is 2.16. The van der Waals surface area contributed by atoms with E-state index in [2.05, 4.69) is 0 Å². The molecule has 0 spiro atoms. The molecule has 1 unspecified atom stereocenters. The molecule has 1 rings (SSSR count). The number of carbonyl (C=O) groups excluding carboxylic acids is 2. The summed E-state index contributed by atoms with van der Waals surface area (Å²) in [5, 5.41) is 0. The Morgan fingerprint density at radius 2 is 1.26 bits per heavy atom. The third-order valence-corrected chi connectivity index (χ3v) is 3.42. The van der Waals surface area contributed by atoms with E-state index >= 15 is 0 Å². The maximum absolute atomic E-state index is 11.6. The highest BCUT2D eigenvalue weighted by Crippen LogP contribution is 2.11. The van der Waals surface area contributed by atoms with Crippen molar-refractivity contribution in [3.05, 3.63) is 0 Å². The zero-order valence-corrected chi connectivity index (χ0v) is 12.0. The molecule has 110 valence electrons. The Balaban J connectivity index is 2.34. The molecule has 4 heteroatoms. The quantitative estimate of drug-likeness (QED) is 0.634. The molecule has 1 aliphatic heterocycles. The van der Waals surface area contributed by atoms with Gasteiger partial charge in [-0.2, -0.15) is 0 Å². The predicted molar refractivity (Wildman–Crippen MR) is 72.6 cm³/mol. The molecule has 19 heavy (non-hydrogen) atoms. The highest BCUT2D eigenvalue weighted by Gasteiger charge is 2.19. The maximum Gasteiger partial charge on any atom is 0.309 e. The van der Waals surface area contributed by atoms with Gasteiger partial charge in [-0.05, 0) is 12.8 Å². The summed E-state index contributed by atoms with van der Waals surface area (Å²) in [6.45, 7) is 2.66. The number of hydrogen-bond donors (Lipinski definition) is 0. The highest BCUT2D eigenvalue weighted by molar-refractivity contribution is 5.79. The number of carbonyl (C=O) groups is 2.